The third kappa shape index (κ3) is 1.85. The number of fused-ring (bicyclic) bond motifs is 1. The van der Waals surface area contributed by atoms with E-state index in [1.165, 1.54) is 13.2 Å². The molecule has 3 aromatic heterocycles. The van der Waals surface area contributed by atoms with Gasteiger partial charge in [-0.2, -0.15) is 18.3 Å². The van der Waals surface area contributed by atoms with E-state index < -0.39 is 11.7 Å². The van der Waals surface area contributed by atoms with E-state index in [-0.39, 0.29) is 11.5 Å². The van der Waals surface area contributed by atoms with Crippen LogP contribution in [0.3, 0.4) is 0 Å². The molecule has 98 valence electrons. The number of alkyl halides is 3. The molecule has 0 fully saturated rings. The fraction of sp³-hybridized carbons (Fsp3) is 0.182. The maximum absolute atomic E-state index is 12.9. The number of hydrogen-bond donors (Lipinski definition) is 1. The van der Waals surface area contributed by atoms with Crippen LogP contribution in [0, 0.1) is 0 Å². The minimum absolute atomic E-state index is 0.000532. The van der Waals surface area contributed by atoms with E-state index in [1.807, 2.05) is 0 Å². The number of hydrogen-bond acceptors (Lipinski definition) is 3. The fourth-order valence-electron chi connectivity index (χ4n) is 1.87. The third-order valence-corrected chi connectivity index (χ3v) is 2.75. The van der Waals surface area contributed by atoms with Gasteiger partial charge in [-0.05, 0) is 6.07 Å². The molecule has 0 unspecified atom stereocenters. The van der Waals surface area contributed by atoms with E-state index in [1.54, 1.807) is 12.3 Å². The van der Waals surface area contributed by atoms with Crippen LogP contribution >= 0.6 is 0 Å². The van der Waals surface area contributed by atoms with Crippen molar-refractivity contribution in [3.63, 3.8) is 0 Å². The second-order valence-corrected chi connectivity index (χ2v) is 4.00. The van der Waals surface area contributed by atoms with Crippen LogP contribution in [0.4, 0.5) is 13.2 Å². The van der Waals surface area contributed by atoms with Crippen LogP contribution in [0.1, 0.15) is 5.56 Å². The molecule has 3 rings (SSSR count). The van der Waals surface area contributed by atoms with E-state index in [2.05, 4.69) is 20.1 Å². The minimum Gasteiger partial charge on any atom is -0.359 e. The number of aromatic amines is 1. The first-order chi connectivity index (χ1) is 8.97. The summed E-state index contributed by atoms with van der Waals surface area (Å²) in [6, 6.07) is 1.67. The monoisotopic (exact) mass is 267 g/mol. The zero-order valence-corrected chi connectivity index (χ0v) is 9.73. The lowest BCUT2D eigenvalue weighted by Gasteiger charge is -2.07. The molecule has 5 nitrogen and oxygen atoms in total. The molecule has 0 saturated carbocycles. The van der Waals surface area contributed by atoms with Crippen molar-refractivity contribution in [3.8, 4) is 11.5 Å². The Bertz CT molecular complexity index is 740. The lowest BCUT2D eigenvalue weighted by Crippen LogP contribution is -2.08. The lowest BCUT2D eigenvalue weighted by molar-refractivity contribution is -0.137. The van der Waals surface area contributed by atoms with Gasteiger partial charge in [-0.25, -0.2) is 9.97 Å². The normalized spacial score (nSPS) is 12.2. The standard InChI is InChI=1S/C11H8F3N5/c1-19-9(6(4-17-19)11(12,13)14)10-16-5-8-7(18-10)2-3-15-8/h2-5,15H,1H3. The number of H-pyrrole nitrogens is 1. The van der Waals surface area contributed by atoms with Crippen molar-refractivity contribution in [2.75, 3.05) is 0 Å². The second-order valence-electron chi connectivity index (χ2n) is 4.00. The second kappa shape index (κ2) is 3.81. The first kappa shape index (κ1) is 11.7. The Morgan fingerprint density at radius 1 is 1.26 bits per heavy atom. The average Bonchev–Trinajstić information content (AvgIpc) is 2.92. The van der Waals surface area contributed by atoms with Crippen LogP contribution in [0.2, 0.25) is 0 Å². The van der Waals surface area contributed by atoms with Crippen molar-refractivity contribution in [1.29, 1.82) is 0 Å². The smallest absolute Gasteiger partial charge is 0.359 e. The molecule has 0 amide bonds. The van der Waals surface area contributed by atoms with Gasteiger partial charge >= 0.3 is 6.18 Å². The Balaban J connectivity index is 2.23. The number of nitrogens with one attached hydrogen (secondary N) is 1. The van der Waals surface area contributed by atoms with Crippen LogP contribution in [0.15, 0.2) is 24.7 Å². The minimum atomic E-state index is -4.49. The topological polar surface area (TPSA) is 59.4 Å². The molecule has 0 spiro atoms. The molecule has 8 heteroatoms. The zero-order chi connectivity index (χ0) is 13.6. The number of aryl methyl sites for hydroxylation is 1. The molecule has 1 N–H and O–H groups in total. The molecule has 3 aromatic rings. The van der Waals surface area contributed by atoms with Crippen LogP contribution in [-0.2, 0) is 13.2 Å². The van der Waals surface area contributed by atoms with Crippen molar-refractivity contribution in [2.45, 2.75) is 6.18 Å². The van der Waals surface area contributed by atoms with Crippen molar-refractivity contribution >= 4 is 11.0 Å². The summed E-state index contributed by atoms with van der Waals surface area (Å²) in [4.78, 5) is 10.9. The van der Waals surface area contributed by atoms with Crippen molar-refractivity contribution in [1.82, 2.24) is 24.7 Å². The Kier molecular flexibility index (Phi) is 2.34. The number of nitrogens with zero attached hydrogens (tertiary/aromatic N) is 4. The summed E-state index contributed by atoms with van der Waals surface area (Å²) in [5.74, 6) is -0.000532. The Hall–Kier alpha value is -2.38. The van der Waals surface area contributed by atoms with Crippen LogP contribution in [0.25, 0.3) is 22.6 Å². The van der Waals surface area contributed by atoms with Crippen LogP contribution in [-0.4, -0.2) is 24.7 Å². The predicted molar refractivity (Wildman–Crippen MR) is 61.1 cm³/mol. The number of rotatable bonds is 1. The van der Waals surface area contributed by atoms with Gasteiger partial charge in [-0.3, -0.25) is 4.68 Å². The fourth-order valence-corrected chi connectivity index (χ4v) is 1.87. The molecule has 0 aliphatic rings. The Labute approximate surface area is 105 Å². The summed E-state index contributed by atoms with van der Waals surface area (Å²) in [6.45, 7) is 0. The largest absolute Gasteiger partial charge is 0.420 e. The van der Waals surface area contributed by atoms with Crippen LogP contribution in [0.5, 0.6) is 0 Å². The zero-order valence-electron chi connectivity index (χ0n) is 9.73. The van der Waals surface area contributed by atoms with Gasteiger partial charge in [0.25, 0.3) is 0 Å². The summed E-state index contributed by atoms with van der Waals surface area (Å²) in [7, 11) is 1.43. The molecule has 19 heavy (non-hydrogen) atoms. The van der Waals surface area contributed by atoms with Crippen molar-refractivity contribution in [2.24, 2.45) is 7.05 Å². The van der Waals surface area contributed by atoms with Crippen molar-refractivity contribution < 1.29 is 13.2 Å². The molecule has 0 radical (unpaired) electrons. The van der Waals surface area contributed by atoms with Gasteiger partial charge in [0, 0.05) is 13.2 Å². The lowest BCUT2D eigenvalue weighted by atomic mass is 10.2. The van der Waals surface area contributed by atoms with Gasteiger partial charge in [-0.1, -0.05) is 0 Å². The van der Waals surface area contributed by atoms with E-state index >= 15 is 0 Å². The summed E-state index contributed by atoms with van der Waals surface area (Å²) >= 11 is 0. The van der Waals surface area contributed by atoms with Crippen molar-refractivity contribution in [3.05, 3.63) is 30.2 Å². The molecule has 0 aromatic carbocycles. The maximum Gasteiger partial charge on any atom is 0.420 e. The van der Waals surface area contributed by atoms with E-state index in [9.17, 15) is 13.2 Å². The predicted octanol–water partition coefficient (Wildman–Crippen LogP) is 2.38. The highest BCUT2D eigenvalue weighted by molar-refractivity contribution is 5.76. The Morgan fingerprint density at radius 2 is 2.05 bits per heavy atom. The molecular formula is C11H8F3N5. The molecule has 0 aliphatic carbocycles. The summed E-state index contributed by atoms with van der Waals surface area (Å²) < 4.78 is 39.8. The summed E-state index contributed by atoms with van der Waals surface area (Å²) in [6.07, 6.45) is -0.609. The first-order valence-electron chi connectivity index (χ1n) is 5.36. The molecule has 0 saturated heterocycles. The van der Waals surface area contributed by atoms with E-state index in [0.29, 0.717) is 11.0 Å². The van der Waals surface area contributed by atoms with Gasteiger partial charge < -0.3 is 4.98 Å². The number of aromatic nitrogens is 5. The van der Waals surface area contributed by atoms with Gasteiger partial charge in [0.05, 0.1) is 23.4 Å². The maximum atomic E-state index is 12.9. The molecular weight excluding hydrogens is 259 g/mol. The summed E-state index contributed by atoms with van der Waals surface area (Å²) in [5, 5.41) is 3.64. The molecule has 0 atom stereocenters. The van der Waals surface area contributed by atoms with Gasteiger partial charge in [0.1, 0.15) is 11.3 Å². The average molecular weight is 267 g/mol. The number of halogens is 3. The van der Waals surface area contributed by atoms with Gasteiger partial charge in [0.15, 0.2) is 5.82 Å². The molecule has 0 bridgehead atoms. The first-order valence-corrected chi connectivity index (χ1v) is 5.36. The van der Waals surface area contributed by atoms with Gasteiger partial charge in [-0.15, -0.1) is 0 Å². The Morgan fingerprint density at radius 3 is 2.79 bits per heavy atom. The van der Waals surface area contributed by atoms with E-state index in [4.69, 9.17) is 0 Å². The van der Waals surface area contributed by atoms with Crippen LogP contribution < -0.4 is 0 Å². The highest BCUT2D eigenvalue weighted by atomic mass is 19.4. The van der Waals surface area contributed by atoms with E-state index in [0.717, 1.165) is 10.9 Å². The highest BCUT2D eigenvalue weighted by Crippen LogP contribution is 2.35. The SMILES string of the molecule is Cn1ncc(C(F)(F)F)c1-c1ncc2[nH]ccc2n1. The third-order valence-electron chi connectivity index (χ3n) is 2.75. The summed E-state index contributed by atoms with van der Waals surface area (Å²) in [5.41, 5.74) is 0.235. The molecule has 3 heterocycles. The quantitative estimate of drug-likeness (QED) is 0.736. The van der Waals surface area contributed by atoms with Gasteiger partial charge in [0.2, 0.25) is 0 Å². The molecule has 0 aliphatic heterocycles. The highest BCUT2D eigenvalue weighted by Gasteiger charge is 2.37.